The van der Waals surface area contributed by atoms with Gasteiger partial charge in [-0.3, -0.25) is 4.99 Å². The second-order valence-corrected chi connectivity index (χ2v) is 6.50. The van der Waals surface area contributed by atoms with Gasteiger partial charge in [0.1, 0.15) is 17.5 Å². The van der Waals surface area contributed by atoms with E-state index in [1.54, 1.807) is 0 Å². The van der Waals surface area contributed by atoms with E-state index >= 15 is 0 Å². The number of nitrogens with one attached hydrogen (secondary N) is 3. The molecule has 0 fully saturated rings. The van der Waals surface area contributed by atoms with E-state index in [1.807, 2.05) is 55.7 Å². The molecular weight excluding hydrogens is 348 g/mol. The van der Waals surface area contributed by atoms with Gasteiger partial charge < -0.3 is 16.0 Å². The zero-order valence-electron chi connectivity index (χ0n) is 16.4. The summed E-state index contributed by atoms with van der Waals surface area (Å²) >= 11 is 0. The zero-order valence-corrected chi connectivity index (χ0v) is 16.4. The average Bonchev–Trinajstić information content (AvgIpc) is 2.70. The fourth-order valence-electron chi connectivity index (χ4n) is 2.89. The van der Waals surface area contributed by atoms with E-state index in [0.717, 1.165) is 67.6 Å². The van der Waals surface area contributed by atoms with Crippen molar-refractivity contribution >= 4 is 23.7 Å². The summed E-state index contributed by atoms with van der Waals surface area (Å²) in [5.41, 5.74) is 2.18. The first-order chi connectivity index (χ1) is 13.8. The lowest BCUT2D eigenvalue weighted by Crippen LogP contribution is -2.09. The van der Waals surface area contributed by atoms with Crippen molar-refractivity contribution in [2.24, 2.45) is 4.99 Å². The second kappa shape index (κ2) is 10.9. The van der Waals surface area contributed by atoms with Crippen molar-refractivity contribution in [1.29, 1.82) is 0 Å². The number of anilines is 3. The summed E-state index contributed by atoms with van der Waals surface area (Å²) in [6, 6.07) is 12.0. The van der Waals surface area contributed by atoms with Gasteiger partial charge in [0.25, 0.3) is 0 Å². The van der Waals surface area contributed by atoms with Gasteiger partial charge >= 0.3 is 0 Å². The molecule has 0 bridgehead atoms. The molecule has 0 saturated carbocycles. The second-order valence-electron chi connectivity index (χ2n) is 6.50. The first-order valence-electron chi connectivity index (χ1n) is 9.80. The fourth-order valence-corrected chi connectivity index (χ4v) is 2.89. The van der Waals surface area contributed by atoms with Crippen LogP contribution < -0.4 is 16.0 Å². The van der Waals surface area contributed by atoms with Crippen LogP contribution in [-0.2, 0) is 6.42 Å². The summed E-state index contributed by atoms with van der Waals surface area (Å²) < 4.78 is 0. The molecule has 0 amide bonds. The van der Waals surface area contributed by atoms with Crippen LogP contribution >= 0.6 is 0 Å². The van der Waals surface area contributed by atoms with Crippen molar-refractivity contribution in [2.75, 3.05) is 36.1 Å². The summed E-state index contributed by atoms with van der Waals surface area (Å²) in [5, 5.41) is 9.82. The molecule has 0 aromatic carbocycles. The topological polar surface area (TPSA) is 74.2 Å². The summed E-state index contributed by atoms with van der Waals surface area (Å²) in [6.07, 6.45) is 12.1. The number of aromatic nitrogens is 2. The van der Waals surface area contributed by atoms with E-state index in [4.69, 9.17) is 0 Å². The molecular formula is C22H28N6. The first-order valence-corrected chi connectivity index (χ1v) is 9.80. The van der Waals surface area contributed by atoms with Gasteiger partial charge in [0.05, 0.1) is 0 Å². The van der Waals surface area contributed by atoms with Crippen LogP contribution in [-0.4, -0.2) is 36.3 Å². The van der Waals surface area contributed by atoms with Crippen LogP contribution in [0, 0.1) is 0 Å². The minimum atomic E-state index is 0.783. The largest absolute Gasteiger partial charge is 0.373 e. The number of aliphatic imine (C=N–C) groups is 1. The Kier molecular flexibility index (Phi) is 7.61. The number of hydrogen-bond acceptors (Lipinski definition) is 6. The maximum absolute atomic E-state index is 4.63. The highest BCUT2D eigenvalue weighted by atomic mass is 15.1. The maximum atomic E-state index is 4.63. The third-order valence-corrected chi connectivity index (χ3v) is 4.36. The number of pyridine rings is 2. The quantitative estimate of drug-likeness (QED) is 0.609. The van der Waals surface area contributed by atoms with Crippen molar-refractivity contribution in [2.45, 2.75) is 25.7 Å². The summed E-state index contributed by atoms with van der Waals surface area (Å²) in [7, 11) is 1.88. The van der Waals surface area contributed by atoms with E-state index in [-0.39, 0.29) is 0 Å². The lowest BCUT2D eigenvalue weighted by molar-refractivity contribution is 0.932. The van der Waals surface area contributed by atoms with Crippen LogP contribution in [0.1, 0.15) is 25.0 Å². The summed E-state index contributed by atoms with van der Waals surface area (Å²) in [6.45, 7) is 1.59. The van der Waals surface area contributed by atoms with Gasteiger partial charge in [-0.2, -0.15) is 0 Å². The smallest absolute Gasteiger partial charge is 0.128 e. The van der Waals surface area contributed by atoms with Crippen LogP contribution in [0.25, 0.3) is 0 Å². The molecule has 0 atom stereocenters. The van der Waals surface area contributed by atoms with Crippen LogP contribution in [0.3, 0.4) is 0 Å². The predicted molar refractivity (Wildman–Crippen MR) is 118 cm³/mol. The fraction of sp³-hybridized carbons (Fsp3) is 0.318. The molecule has 2 aromatic rings. The number of nitrogens with zero attached hydrogens (tertiary/aromatic N) is 3. The Morgan fingerprint density at radius 1 is 0.857 bits per heavy atom. The normalized spacial score (nSPS) is 14.5. The standard InChI is InChI=1S/C22H28N6/c1-23-20-10-6-9-19(27-20)14-17-26-22-12-7-11-21(28-22)25-16-13-18-8-4-2-3-5-15-24-18/h3,5-12,15H,2,4,13-14,16-17H2,1H3,(H,23,27)(H2,25,26,28)/b5-3+,18-8?,24-15?. The highest BCUT2D eigenvalue weighted by molar-refractivity contribution is 5.72. The Morgan fingerprint density at radius 2 is 1.61 bits per heavy atom. The molecule has 1 aliphatic rings. The van der Waals surface area contributed by atoms with Gasteiger partial charge in [0.2, 0.25) is 0 Å². The lowest BCUT2D eigenvalue weighted by atomic mass is 10.2. The molecule has 0 radical (unpaired) electrons. The number of hydrogen-bond donors (Lipinski definition) is 3. The first kappa shape index (κ1) is 19.6. The SMILES string of the molecule is CNc1cccc(CCNc2cccc(NCCC3=CCC/C=C/C=N3)n2)n1. The number of allylic oxidation sites excluding steroid dienone is 3. The lowest BCUT2D eigenvalue weighted by Gasteiger charge is -2.10. The Hall–Kier alpha value is -3.15. The van der Waals surface area contributed by atoms with E-state index in [9.17, 15) is 0 Å². The zero-order chi connectivity index (χ0) is 19.4. The van der Waals surface area contributed by atoms with Crippen LogP contribution in [0.2, 0.25) is 0 Å². The minimum Gasteiger partial charge on any atom is -0.373 e. The van der Waals surface area contributed by atoms with Crippen molar-refractivity contribution in [3.63, 3.8) is 0 Å². The monoisotopic (exact) mass is 376 g/mol. The third-order valence-electron chi connectivity index (χ3n) is 4.36. The summed E-state index contributed by atoms with van der Waals surface area (Å²) in [5.74, 6) is 2.63. The average molecular weight is 377 g/mol. The Morgan fingerprint density at radius 3 is 2.43 bits per heavy atom. The molecule has 28 heavy (non-hydrogen) atoms. The van der Waals surface area contributed by atoms with E-state index in [0.29, 0.717) is 0 Å². The number of rotatable bonds is 9. The molecule has 6 nitrogen and oxygen atoms in total. The molecule has 3 N–H and O–H groups in total. The molecule has 0 spiro atoms. The van der Waals surface area contributed by atoms with Gasteiger partial charge in [0.15, 0.2) is 0 Å². The molecule has 2 aromatic heterocycles. The highest BCUT2D eigenvalue weighted by Gasteiger charge is 2.01. The predicted octanol–water partition coefficient (Wildman–Crippen LogP) is 4.28. The molecule has 0 saturated heterocycles. The van der Waals surface area contributed by atoms with Gasteiger partial charge in [-0.15, -0.1) is 0 Å². The van der Waals surface area contributed by atoms with Crippen molar-refractivity contribution in [3.05, 3.63) is 66.0 Å². The third kappa shape index (κ3) is 6.54. The molecule has 6 heteroatoms. The molecule has 1 aliphatic heterocycles. The van der Waals surface area contributed by atoms with Crippen LogP contribution in [0.5, 0.6) is 0 Å². The van der Waals surface area contributed by atoms with Crippen molar-refractivity contribution in [1.82, 2.24) is 9.97 Å². The van der Waals surface area contributed by atoms with E-state index in [1.165, 1.54) is 0 Å². The van der Waals surface area contributed by atoms with E-state index in [2.05, 4.69) is 43.1 Å². The highest BCUT2D eigenvalue weighted by Crippen LogP contribution is 2.12. The van der Waals surface area contributed by atoms with Gasteiger partial charge in [0, 0.05) is 50.6 Å². The van der Waals surface area contributed by atoms with Crippen LogP contribution in [0.4, 0.5) is 17.5 Å². The molecule has 3 heterocycles. The molecule has 0 aliphatic carbocycles. The Labute approximate surface area is 166 Å². The Bertz CT molecular complexity index is 840. The Balaban J connectivity index is 1.45. The van der Waals surface area contributed by atoms with Crippen LogP contribution in [0.15, 0.2) is 65.3 Å². The van der Waals surface area contributed by atoms with E-state index < -0.39 is 0 Å². The van der Waals surface area contributed by atoms with Crippen molar-refractivity contribution in [3.8, 4) is 0 Å². The molecule has 146 valence electrons. The van der Waals surface area contributed by atoms with Gasteiger partial charge in [-0.25, -0.2) is 9.97 Å². The van der Waals surface area contributed by atoms with Gasteiger partial charge in [-0.1, -0.05) is 24.3 Å². The molecule has 3 rings (SSSR count). The van der Waals surface area contributed by atoms with Crippen molar-refractivity contribution < 1.29 is 0 Å². The maximum Gasteiger partial charge on any atom is 0.128 e. The van der Waals surface area contributed by atoms with Gasteiger partial charge in [-0.05, 0) is 43.2 Å². The summed E-state index contributed by atoms with van der Waals surface area (Å²) in [4.78, 5) is 13.6. The minimum absolute atomic E-state index is 0.783. The molecule has 0 unspecified atom stereocenters.